The van der Waals surface area contributed by atoms with Crippen LogP contribution in [-0.4, -0.2) is 34.0 Å². The first kappa shape index (κ1) is 22.1. The van der Waals surface area contributed by atoms with E-state index in [0.29, 0.717) is 27.3 Å². The number of benzene rings is 1. The van der Waals surface area contributed by atoms with Gasteiger partial charge < -0.3 is 21.1 Å². The van der Waals surface area contributed by atoms with Crippen LogP contribution in [0.15, 0.2) is 36.4 Å². The summed E-state index contributed by atoms with van der Waals surface area (Å²) >= 11 is 1.19. The number of piperidine rings is 1. The lowest BCUT2D eigenvalue weighted by atomic mass is 9.92. The second kappa shape index (κ2) is 8.43. The van der Waals surface area contributed by atoms with Crippen LogP contribution in [0.2, 0.25) is 0 Å². The molecule has 4 rings (SSSR count). The van der Waals surface area contributed by atoms with Gasteiger partial charge in [-0.1, -0.05) is 30.3 Å². The van der Waals surface area contributed by atoms with E-state index < -0.39 is 11.5 Å². The molecule has 0 bridgehead atoms. The Morgan fingerprint density at radius 3 is 2.56 bits per heavy atom. The van der Waals surface area contributed by atoms with Gasteiger partial charge in [0.2, 0.25) is 0 Å². The van der Waals surface area contributed by atoms with Gasteiger partial charge in [0.25, 0.3) is 5.91 Å². The van der Waals surface area contributed by atoms with Gasteiger partial charge in [-0.3, -0.25) is 4.79 Å². The fourth-order valence-corrected chi connectivity index (χ4v) is 5.13. The summed E-state index contributed by atoms with van der Waals surface area (Å²) in [5, 5.41) is 0.698. The standard InChI is InChI=1S/C24H28N4O3S/c1-24(2,3)31-23(30)28-12-8-7-11-17(28)15-13-16(14-9-5-4-6-10-14)27-22-18(15)19(25)20(32-22)21(26)29/h4-6,9-10,13,17H,7-8,11-12,25H2,1-3H3,(H2,26,29). The molecule has 0 spiro atoms. The van der Waals surface area contributed by atoms with Crippen molar-refractivity contribution in [1.29, 1.82) is 0 Å². The van der Waals surface area contributed by atoms with Gasteiger partial charge in [-0.15, -0.1) is 11.3 Å². The Balaban J connectivity index is 1.90. The lowest BCUT2D eigenvalue weighted by molar-refractivity contribution is 0.00968. The lowest BCUT2D eigenvalue weighted by Crippen LogP contribution is -2.42. The molecule has 1 unspecified atom stereocenters. The molecule has 2 aromatic heterocycles. The molecular formula is C24H28N4O3S. The normalized spacial score (nSPS) is 16.8. The van der Waals surface area contributed by atoms with Gasteiger partial charge >= 0.3 is 6.09 Å². The number of carbonyl (C=O) groups is 2. The number of nitrogen functional groups attached to an aromatic ring is 1. The number of anilines is 1. The molecular weight excluding hydrogens is 424 g/mol. The predicted octanol–water partition coefficient (Wildman–Crippen LogP) is 5.11. The van der Waals surface area contributed by atoms with Crippen LogP contribution >= 0.6 is 11.3 Å². The minimum atomic E-state index is -0.595. The summed E-state index contributed by atoms with van der Waals surface area (Å²) in [5.74, 6) is -0.578. The van der Waals surface area contributed by atoms with Crippen LogP contribution < -0.4 is 11.5 Å². The average molecular weight is 453 g/mol. The zero-order valence-electron chi connectivity index (χ0n) is 18.6. The number of nitrogens with two attached hydrogens (primary N) is 2. The van der Waals surface area contributed by atoms with E-state index in [-0.39, 0.29) is 12.1 Å². The topological polar surface area (TPSA) is 112 Å². The highest BCUT2D eigenvalue weighted by Crippen LogP contribution is 2.43. The number of primary amides is 1. The van der Waals surface area contributed by atoms with E-state index in [1.54, 1.807) is 4.90 Å². The van der Waals surface area contributed by atoms with E-state index >= 15 is 0 Å². The fraction of sp³-hybridized carbons (Fsp3) is 0.375. The number of hydrogen-bond acceptors (Lipinski definition) is 6. The first-order valence-corrected chi connectivity index (χ1v) is 11.5. The van der Waals surface area contributed by atoms with Crippen molar-refractivity contribution in [2.75, 3.05) is 12.3 Å². The molecule has 0 saturated carbocycles. The van der Waals surface area contributed by atoms with Crippen molar-refractivity contribution in [1.82, 2.24) is 9.88 Å². The largest absolute Gasteiger partial charge is 0.444 e. The van der Waals surface area contributed by atoms with Crippen molar-refractivity contribution in [2.45, 2.75) is 51.7 Å². The summed E-state index contributed by atoms with van der Waals surface area (Å²) in [6, 6.07) is 11.6. The van der Waals surface area contributed by atoms with E-state index in [0.717, 1.165) is 36.1 Å². The minimum absolute atomic E-state index is 0.232. The summed E-state index contributed by atoms with van der Waals surface area (Å²) in [5.41, 5.74) is 14.3. The van der Waals surface area contributed by atoms with Crippen LogP contribution in [0.25, 0.3) is 21.5 Å². The molecule has 0 radical (unpaired) electrons. The molecule has 1 aliphatic rings. The van der Waals surface area contributed by atoms with Gasteiger partial charge in [0.15, 0.2) is 0 Å². The number of hydrogen-bond donors (Lipinski definition) is 2. The Hall–Kier alpha value is -3.13. The zero-order chi connectivity index (χ0) is 23.0. The van der Waals surface area contributed by atoms with Crippen LogP contribution in [0.1, 0.15) is 61.3 Å². The Morgan fingerprint density at radius 2 is 1.91 bits per heavy atom. The SMILES string of the molecule is CC(C)(C)OC(=O)N1CCCCC1c1cc(-c2ccccc2)nc2sc(C(N)=O)c(N)c12. The number of aromatic nitrogens is 1. The maximum absolute atomic E-state index is 13.1. The molecule has 1 aromatic carbocycles. The molecule has 3 aromatic rings. The summed E-state index contributed by atoms with van der Waals surface area (Å²) in [4.78, 5) is 32.6. The van der Waals surface area contributed by atoms with Crippen molar-refractivity contribution >= 4 is 39.2 Å². The third kappa shape index (κ3) is 4.27. The number of amides is 2. The number of pyridine rings is 1. The van der Waals surface area contributed by atoms with E-state index in [1.165, 1.54) is 11.3 Å². The van der Waals surface area contributed by atoms with Crippen LogP contribution in [0.4, 0.5) is 10.5 Å². The smallest absolute Gasteiger partial charge is 0.410 e. The maximum atomic E-state index is 13.1. The highest BCUT2D eigenvalue weighted by Gasteiger charge is 2.34. The van der Waals surface area contributed by atoms with Gasteiger partial charge in [-0.25, -0.2) is 9.78 Å². The molecule has 8 heteroatoms. The highest BCUT2D eigenvalue weighted by molar-refractivity contribution is 7.21. The van der Waals surface area contributed by atoms with E-state index in [2.05, 4.69) is 0 Å². The van der Waals surface area contributed by atoms with Crippen molar-refractivity contribution in [2.24, 2.45) is 5.73 Å². The van der Waals surface area contributed by atoms with Gasteiger partial charge in [0.1, 0.15) is 15.3 Å². The molecule has 0 aliphatic carbocycles. The molecule has 1 aliphatic heterocycles. The lowest BCUT2D eigenvalue weighted by Gasteiger charge is -2.37. The van der Waals surface area contributed by atoms with Crippen molar-refractivity contribution in [3.8, 4) is 11.3 Å². The number of rotatable bonds is 3. The van der Waals surface area contributed by atoms with Crippen LogP contribution in [-0.2, 0) is 4.74 Å². The number of carbonyl (C=O) groups excluding carboxylic acids is 2. The molecule has 168 valence electrons. The summed E-state index contributed by atoms with van der Waals surface area (Å²) in [7, 11) is 0. The van der Waals surface area contributed by atoms with E-state index in [4.69, 9.17) is 21.2 Å². The highest BCUT2D eigenvalue weighted by atomic mass is 32.1. The summed E-state index contributed by atoms with van der Waals surface area (Å²) in [6.45, 7) is 6.17. The monoisotopic (exact) mass is 452 g/mol. The number of likely N-dealkylation sites (tertiary alicyclic amines) is 1. The molecule has 4 N–H and O–H groups in total. The predicted molar refractivity (Wildman–Crippen MR) is 128 cm³/mol. The van der Waals surface area contributed by atoms with Crippen molar-refractivity contribution < 1.29 is 14.3 Å². The first-order chi connectivity index (χ1) is 15.2. The van der Waals surface area contributed by atoms with Crippen molar-refractivity contribution in [3.63, 3.8) is 0 Å². The Labute approximate surface area is 191 Å². The van der Waals surface area contributed by atoms with Gasteiger partial charge in [-0.2, -0.15) is 0 Å². The van der Waals surface area contributed by atoms with E-state index in [1.807, 2.05) is 57.2 Å². The number of thiophene rings is 1. The van der Waals surface area contributed by atoms with Gasteiger partial charge in [-0.05, 0) is 51.7 Å². The summed E-state index contributed by atoms with van der Waals surface area (Å²) in [6.07, 6.45) is 2.30. The number of fused-ring (bicyclic) bond motifs is 1. The van der Waals surface area contributed by atoms with Crippen LogP contribution in [0, 0.1) is 0 Å². The molecule has 3 heterocycles. The molecule has 1 fully saturated rings. The molecule has 32 heavy (non-hydrogen) atoms. The number of ether oxygens (including phenoxy) is 1. The van der Waals surface area contributed by atoms with Crippen molar-refractivity contribution in [3.05, 3.63) is 46.8 Å². The molecule has 1 saturated heterocycles. The van der Waals surface area contributed by atoms with Gasteiger partial charge in [0.05, 0.1) is 17.4 Å². The third-order valence-electron chi connectivity index (χ3n) is 5.51. The first-order valence-electron chi connectivity index (χ1n) is 10.7. The second-order valence-electron chi connectivity index (χ2n) is 9.04. The maximum Gasteiger partial charge on any atom is 0.410 e. The van der Waals surface area contributed by atoms with Crippen LogP contribution in [0.3, 0.4) is 0 Å². The zero-order valence-corrected chi connectivity index (χ0v) is 19.4. The third-order valence-corrected chi connectivity index (χ3v) is 6.63. The van der Waals surface area contributed by atoms with E-state index in [9.17, 15) is 9.59 Å². The summed E-state index contributed by atoms with van der Waals surface area (Å²) < 4.78 is 5.70. The Bertz CT molecular complexity index is 1170. The average Bonchev–Trinajstić information content (AvgIpc) is 3.09. The van der Waals surface area contributed by atoms with Crippen LogP contribution in [0.5, 0.6) is 0 Å². The Morgan fingerprint density at radius 1 is 1.19 bits per heavy atom. The minimum Gasteiger partial charge on any atom is -0.444 e. The molecule has 1 atom stereocenters. The number of nitrogens with zero attached hydrogens (tertiary/aromatic N) is 2. The quantitative estimate of drug-likeness (QED) is 0.574. The van der Waals surface area contributed by atoms with Gasteiger partial charge in [0, 0.05) is 17.5 Å². The Kier molecular flexibility index (Phi) is 5.81. The second-order valence-corrected chi connectivity index (χ2v) is 10.0. The molecule has 7 nitrogen and oxygen atoms in total. The fourth-order valence-electron chi connectivity index (χ4n) is 4.15. The molecule has 2 amide bonds.